The Morgan fingerprint density at radius 3 is 3.04 bits per heavy atom. The third kappa shape index (κ3) is 2.51. The molecule has 0 bridgehead atoms. The Labute approximate surface area is 135 Å². The monoisotopic (exact) mass is 324 g/mol. The summed E-state index contributed by atoms with van der Waals surface area (Å²) in [6.07, 6.45) is 1.85. The summed E-state index contributed by atoms with van der Waals surface area (Å²) in [5.41, 5.74) is 2.17. The van der Waals surface area contributed by atoms with E-state index in [2.05, 4.69) is 20.4 Å². The fourth-order valence-electron chi connectivity index (χ4n) is 2.35. The average Bonchev–Trinajstić information content (AvgIpc) is 3.26. The van der Waals surface area contributed by atoms with Gasteiger partial charge in [0.2, 0.25) is 0 Å². The molecule has 0 aliphatic rings. The molecule has 0 aliphatic heterocycles. The van der Waals surface area contributed by atoms with E-state index in [1.165, 1.54) is 11.3 Å². The lowest BCUT2D eigenvalue weighted by atomic mass is 10.1. The van der Waals surface area contributed by atoms with Crippen molar-refractivity contribution in [1.82, 2.24) is 15.1 Å². The van der Waals surface area contributed by atoms with Gasteiger partial charge in [-0.2, -0.15) is 4.98 Å². The summed E-state index contributed by atoms with van der Waals surface area (Å²) >= 11 is 1.44. The number of hydrogen-bond donors (Lipinski definition) is 2. The number of anilines is 1. The standard InChI is InChI=1S/C16H12N4O2S/c1-9-18-16(22-20-9)14-12(5-7-23-14)19-15(21)11-3-2-10-4-6-17-13(10)8-11/h2-8,17H,1H3,(H,19,21). The number of nitrogens with one attached hydrogen (secondary N) is 2. The molecule has 4 aromatic rings. The van der Waals surface area contributed by atoms with E-state index in [1.807, 2.05) is 35.8 Å². The van der Waals surface area contributed by atoms with Gasteiger partial charge in [-0.05, 0) is 42.0 Å². The first-order valence-electron chi connectivity index (χ1n) is 6.97. The number of amides is 1. The number of rotatable bonds is 3. The van der Waals surface area contributed by atoms with Crippen LogP contribution in [0.3, 0.4) is 0 Å². The second kappa shape index (κ2) is 5.36. The van der Waals surface area contributed by atoms with Gasteiger partial charge in [-0.25, -0.2) is 0 Å². The Hall–Kier alpha value is -2.93. The van der Waals surface area contributed by atoms with Crippen LogP contribution < -0.4 is 5.32 Å². The number of hydrogen-bond acceptors (Lipinski definition) is 5. The molecule has 7 heteroatoms. The molecule has 0 fully saturated rings. The minimum Gasteiger partial charge on any atom is -0.361 e. The van der Waals surface area contributed by atoms with E-state index in [1.54, 1.807) is 13.0 Å². The molecule has 2 N–H and O–H groups in total. The summed E-state index contributed by atoms with van der Waals surface area (Å²) in [7, 11) is 0. The molecule has 0 aliphatic carbocycles. The van der Waals surface area contributed by atoms with Crippen molar-refractivity contribution >= 4 is 33.8 Å². The molecule has 114 valence electrons. The predicted molar refractivity (Wildman–Crippen MR) is 88.6 cm³/mol. The van der Waals surface area contributed by atoms with E-state index in [4.69, 9.17) is 4.52 Å². The lowest BCUT2D eigenvalue weighted by Gasteiger charge is -2.05. The van der Waals surface area contributed by atoms with Gasteiger partial charge in [-0.15, -0.1) is 11.3 Å². The number of thiophene rings is 1. The number of carbonyl (C=O) groups excluding carboxylic acids is 1. The van der Waals surface area contributed by atoms with Crippen molar-refractivity contribution < 1.29 is 9.32 Å². The smallest absolute Gasteiger partial charge is 0.270 e. The van der Waals surface area contributed by atoms with Gasteiger partial charge < -0.3 is 14.8 Å². The zero-order valence-electron chi connectivity index (χ0n) is 12.2. The molecule has 0 saturated carbocycles. The van der Waals surface area contributed by atoms with E-state index in [-0.39, 0.29) is 5.91 Å². The molecule has 3 heterocycles. The van der Waals surface area contributed by atoms with Gasteiger partial charge in [-0.1, -0.05) is 11.2 Å². The highest BCUT2D eigenvalue weighted by Gasteiger charge is 2.16. The van der Waals surface area contributed by atoms with Crippen LogP contribution in [-0.4, -0.2) is 21.0 Å². The molecular formula is C16H12N4O2S. The maximum absolute atomic E-state index is 12.5. The molecule has 0 unspecified atom stereocenters. The van der Waals surface area contributed by atoms with Gasteiger partial charge in [0.1, 0.15) is 4.88 Å². The van der Waals surface area contributed by atoms with Crippen LogP contribution in [0.5, 0.6) is 0 Å². The van der Waals surface area contributed by atoms with E-state index in [9.17, 15) is 4.79 Å². The highest BCUT2D eigenvalue weighted by Crippen LogP contribution is 2.32. The normalized spacial score (nSPS) is 11.0. The van der Waals surface area contributed by atoms with Crippen molar-refractivity contribution in [2.45, 2.75) is 6.92 Å². The number of aromatic nitrogens is 3. The third-order valence-corrected chi connectivity index (χ3v) is 4.35. The van der Waals surface area contributed by atoms with E-state index in [0.717, 1.165) is 15.8 Å². The van der Waals surface area contributed by atoms with Crippen LogP contribution in [0, 0.1) is 6.92 Å². The Bertz CT molecular complexity index is 998. The van der Waals surface area contributed by atoms with E-state index < -0.39 is 0 Å². The molecule has 1 amide bonds. The first-order chi connectivity index (χ1) is 11.2. The van der Waals surface area contributed by atoms with Gasteiger partial charge in [0, 0.05) is 17.3 Å². The minimum atomic E-state index is -0.183. The summed E-state index contributed by atoms with van der Waals surface area (Å²) in [6, 6.07) is 9.33. The SMILES string of the molecule is Cc1noc(-c2sccc2NC(=O)c2ccc3cc[nH]c3c2)n1. The first kappa shape index (κ1) is 13.7. The summed E-state index contributed by atoms with van der Waals surface area (Å²) in [5.74, 6) is 0.785. The zero-order chi connectivity index (χ0) is 15.8. The quantitative estimate of drug-likeness (QED) is 0.599. The first-order valence-corrected chi connectivity index (χ1v) is 7.85. The van der Waals surface area contributed by atoms with Gasteiger partial charge in [0.15, 0.2) is 5.82 Å². The van der Waals surface area contributed by atoms with Crippen LogP contribution in [0.15, 0.2) is 46.4 Å². The molecule has 0 spiro atoms. The van der Waals surface area contributed by atoms with Crippen LogP contribution in [0.2, 0.25) is 0 Å². The van der Waals surface area contributed by atoms with Crippen LogP contribution in [0.4, 0.5) is 5.69 Å². The maximum Gasteiger partial charge on any atom is 0.270 e. The number of aromatic amines is 1. The van der Waals surface area contributed by atoms with Crippen molar-refractivity contribution in [3.05, 3.63) is 53.3 Å². The minimum absolute atomic E-state index is 0.183. The maximum atomic E-state index is 12.5. The Kier molecular flexibility index (Phi) is 3.20. The van der Waals surface area contributed by atoms with Crippen molar-refractivity contribution in [3.63, 3.8) is 0 Å². The second-order valence-electron chi connectivity index (χ2n) is 5.04. The zero-order valence-corrected chi connectivity index (χ0v) is 13.0. The van der Waals surface area contributed by atoms with Crippen molar-refractivity contribution in [1.29, 1.82) is 0 Å². The highest BCUT2D eigenvalue weighted by molar-refractivity contribution is 7.14. The topological polar surface area (TPSA) is 83.8 Å². The number of fused-ring (bicyclic) bond motifs is 1. The summed E-state index contributed by atoms with van der Waals surface area (Å²) in [4.78, 5) is 20.5. The molecular weight excluding hydrogens is 312 g/mol. The molecule has 6 nitrogen and oxygen atoms in total. The number of H-pyrrole nitrogens is 1. The van der Waals surface area contributed by atoms with Crippen molar-refractivity contribution in [2.75, 3.05) is 5.32 Å². The molecule has 1 aromatic carbocycles. The Balaban J connectivity index is 1.63. The predicted octanol–water partition coefficient (Wildman–Crippen LogP) is 3.84. The van der Waals surface area contributed by atoms with Crippen LogP contribution >= 0.6 is 11.3 Å². The fourth-order valence-corrected chi connectivity index (χ4v) is 3.12. The molecule has 0 atom stereocenters. The summed E-state index contributed by atoms with van der Waals surface area (Å²) in [5, 5.41) is 9.63. The lowest BCUT2D eigenvalue weighted by Crippen LogP contribution is -2.11. The van der Waals surface area contributed by atoms with Crippen molar-refractivity contribution in [2.24, 2.45) is 0 Å². The average molecular weight is 324 g/mol. The van der Waals surface area contributed by atoms with Gasteiger partial charge in [0.05, 0.1) is 5.69 Å². The molecule has 0 radical (unpaired) electrons. The molecule has 3 aromatic heterocycles. The molecule has 0 saturated heterocycles. The summed E-state index contributed by atoms with van der Waals surface area (Å²) in [6.45, 7) is 1.75. The third-order valence-electron chi connectivity index (χ3n) is 3.45. The van der Waals surface area contributed by atoms with Crippen LogP contribution in [0.1, 0.15) is 16.2 Å². The number of nitrogens with zero attached hydrogens (tertiary/aromatic N) is 2. The largest absolute Gasteiger partial charge is 0.361 e. The van der Waals surface area contributed by atoms with Gasteiger partial charge >= 0.3 is 0 Å². The van der Waals surface area contributed by atoms with Crippen molar-refractivity contribution in [3.8, 4) is 10.8 Å². The lowest BCUT2D eigenvalue weighted by molar-refractivity contribution is 0.102. The van der Waals surface area contributed by atoms with E-state index >= 15 is 0 Å². The Morgan fingerprint density at radius 1 is 1.30 bits per heavy atom. The number of aryl methyl sites for hydroxylation is 1. The Morgan fingerprint density at radius 2 is 2.22 bits per heavy atom. The number of carbonyl (C=O) groups is 1. The molecule has 4 rings (SSSR count). The molecule has 23 heavy (non-hydrogen) atoms. The van der Waals surface area contributed by atoms with Gasteiger partial charge in [-0.3, -0.25) is 4.79 Å². The fraction of sp³-hybridized carbons (Fsp3) is 0.0625. The second-order valence-corrected chi connectivity index (χ2v) is 5.96. The van der Waals surface area contributed by atoms with Crippen LogP contribution in [-0.2, 0) is 0 Å². The summed E-state index contributed by atoms with van der Waals surface area (Å²) < 4.78 is 5.18. The van der Waals surface area contributed by atoms with Gasteiger partial charge in [0.25, 0.3) is 11.8 Å². The van der Waals surface area contributed by atoms with E-state index in [0.29, 0.717) is 23.0 Å². The highest BCUT2D eigenvalue weighted by atomic mass is 32.1. The van der Waals surface area contributed by atoms with Crippen LogP contribution in [0.25, 0.3) is 21.7 Å². The number of benzene rings is 1.